The van der Waals surface area contributed by atoms with Gasteiger partial charge in [0, 0.05) is 12.1 Å². The summed E-state index contributed by atoms with van der Waals surface area (Å²) in [5.74, 6) is 0.226. The van der Waals surface area contributed by atoms with Gasteiger partial charge in [-0.25, -0.2) is 0 Å². The summed E-state index contributed by atoms with van der Waals surface area (Å²) in [5, 5.41) is 2.82. The first-order valence-electron chi connectivity index (χ1n) is 8.95. The molecule has 1 aliphatic heterocycles. The number of amides is 1. The zero-order valence-electron chi connectivity index (χ0n) is 14.8. The molecule has 0 atom stereocenters. The number of hydrogen-bond donors (Lipinski definition) is 1. The summed E-state index contributed by atoms with van der Waals surface area (Å²) < 4.78 is 5.47. The molecule has 134 valence electrons. The van der Waals surface area contributed by atoms with E-state index in [4.69, 9.17) is 4.74 Å². The maximum atomic E-state index is 12.3. The summed E-state index contributed by atoms with van der Waals surface area (Å²) in [5.41, 5.74) is 4.96. The fourth-order valence-electron chi connectivity index (χ4n) is 3.20. The van der Waals surface area contributed by atoms with Crippen LogP contribution in [0.3, 0.4) is 0 Å². The number of fused-ring (bicyclic) bond motifs is 1. The number of nitrogens with one attached hydrogen (secondary N) is 1. The lowest BCUT2D eigenvalue weighted by Crippen LogP contribution is -2.19. The Hall–Kier alpha value is -3.40. The van der Waals surface area contributed by atoms with E-state index in [1.807, 2.05) is 48.5 Å². The predicted molar refractivity (Wildman–Crippen MR) is 105 cm³/mol. The fourth-order valence-corrected chi connectivity index (χ4v) is 3.20. The van der Waals surface area contributed by atoms with Gasteiger partial charge in [0.15, 0.2) is 0 Å². The molecule has 0 aliphatic carbocycles. The summed E-state index contributed by atoms with van der Waals surface area (Å²) in [6.07, 6.45) is 1.33. The molecular formula is C23H19NO3. The minimum Gasteiger partial charge on any atom is -0.426 e. The Bertz CT molecular complexity index is 978. The van der Waals surface area contributed by atoms with E-state index < -0.39 is 0 Å². The summed E-state index contributed by atoms with van der Waals surface area (Å²) in [6.45, 7) is 0. The Morgan fingerprint density at radius 2 is 1.63 bits per heavy atom. The van der Waals surface area contributed by atoms with Gasteiger partial charge in [-0.05, 0) is 46.9 Å². The Morgan fingerprint density at radius 3 is 2.41 bits per heavy atom. The number of aryl methyl sites for hydroxylation is 1. The van der Waals surface area contributed by atoms with Gasteiger partial charge in [-0.2, -0.15) is 0 Å². The predicted octanol–water partition coefficient (Wildman–Crippen LogP) is 4.39. The summed E-state index contributed by atoms with van der Waals surface area (Å²) in [4.78, 5) is 23.7. The number of carbonyl (C=O) groups excluding carboxylic acids is 2. The molecule has 1 aliphatic rings. The van der Waals surface area contributed by atoms with Crippen LogP contribution in [0.25, 0.3) is 11.1 Å². The van der Waals surface area contributed by atoms with Gasteiger partial charge in [0.1, 0.15) is 5.75 Å². The Balaban J connectivity index is 1.40. The van der Waals surface area contributed by atoms with Gasteiger partial charge in [-0.1, -0.05) is 54.6 Å². The lowest BCUT2D eigenvalue weighted by atomic mass is 10.0. The standard InChI is InChI=1S/C23H19NO3/c25-22-13-10-19-15-20(11-12-21(19)24-22)27-23(26)14-16-6-8-18(9-7-16)17-4-2-1-3-5-17/h1-9,11-12,15H,10,13-14H2,(H,24,25). The molecule has 0 aromatic heterocycles. The molecule has 1 heterocycles. The van der Waals surface area contributed by atoms with E-state index in [0.29, 0.717) is 18.6 Å². The molecule has 4 rings (SSSR count). The average Bonchev–Trinajstić information content (AvgIpc) is 2.69. The summed E-state index contributed by atoms with van der Waals surface area (Å²) in [7, 11) is 0. The van der Waals surface area contributed by atoms with Gasteiger partial charge in [-0.15, -0.1) is 0 Å². The van der Waals surface area contributed by atoms with Crippen molar-refractivity contribution >= 4 is 17.6 Å². The van der Waals surface area contributed by atoms with Crippen LogP contribution in [0.15, 0.2) is 72.8 Å². The van der Waals surface area contributed by atoms with E-state index in [1.165, 1.54) is 0 Å². The van der Waals surface area contributed by atoms with Crippen molar-refractivity contribution in [3.8, 4) is 16.9 Å². The van der Waals surface area contributed by atoms with Gasteiger partial charge in [0.25, 0.3) is 0 Å². The molecule has 0 unspecified atom stereocenters. The normalized spacial score (nSPS) is 12.8. The number of rotatable bonds is 4. The monoisotopic (exact) mass is 357 g/mol. The van der Waals surface area contributed by atoms with Crippen LogP contribution in [0.4, 0.5) is 5.69 Å². The minimum absolute atomic E-state index is 0.0196. The molecule has 3 aromatic rings. The van der Waals surface area contributed by atoms with Crippen molar-refractivity contribution in [1.82, 2.24) is 0 Å². The number of carbonyl (C=O) groups is 2. The second-order valence-corrected chi connectivity index (χ2v) is 6.58. The van der Waals surface area contributed by atoms with E-state index in [9.17, 15) is 9.59 Å². The van der Waals surface area contributed by atoms with Gasteiger partial charge < -0.3 is 10.1 Å². The zero-order valence-corrected chi connectivity index (χ0v) is 14.8. The van der Waals surface area contributed by atoms with Crippen LogP contribution in [0, 0.1) is 0 Å². The van der Waals surface area contributed by atoms with Crippen LogP contribution < -0.4 is 10.1 Å². The van der Waals surface area contributed by atoms with Gasteiger partial charge >= 0.3 is 5.97 Å². The zero-order chi connectivity index (χ0) is 18.6. The number of hydrogen-bond acceptors (Lipinski definition) is 3. The van der Waals surface area contributed by atoms with Crippen LogP contribution in [0.2, 0.25) is 0 Å². The Morgan fingerprint density at radius 1 is 0.889 bits per heavy atom. The van der Waals surface area contributed by atoms with Crippen LogP contribution in [0.1, 0.15) is 17.5 Å². The average molecular weight is 357 g/mol. The van der Waals surface area contributed by atoms with Crippen LogP contribution >= 0.6 is 0 Å². The Labute approximate surface area is 157 Å². The number of anilines is 1. The van der Waals surface area contributed by atoms with Crippen molar-refractivity contribution in [1.29, 1.82) is 0 Å². The molecule has 1 N–H and O–H groups in total. The van der Waals surface area contributed by atoms with Crippen molar-refractivity contribution in [2.24, 2.45) is 0 Å². The van der Waals surface area contributed by atoms with E-state index in [2.05, 4.69) is 17.4 Å². The van der Waals surface area contributed by atoms with Crippen molar-refractivity contribution in [3.05, 3.63) is 83.9 Å². The maximum Gasteiger partial charge on any atom is 0.315 e. The van der Waals surface area contributed by atoms with Crippen LogP contribution in [0.5, 0.6) is 5.75 Å². The highest BCUT2D eigenvalue weighted by atomic mass is 16.5. The fraction of sp³-hybridized carbons (Fsp3) is 0.130. The van der Waals surface area contributed by atoms with E-state index in [1.54, 1.807) is 12.1 Å². The van der Waals surface area contributed by atoms with Gasteiger partial charge in [0.2, 0.25) is 5.91 Å². The highest BCUT2D eigenvalue weighted by Gasteiger charge is 2.16. The second-order valence-electron chi connectivity index (χ2n) is 6.58. The summed E-state index contributed by atoms with van der Waals surface area (Å²) in [6, 6.07) is 23.4. The van der Waals surface area contributed by atoms with Crippen molar-refractivity contribution < 1.29 is 14.3 Å². The molecular weight excluding hydrogens is 338 g/mol. The molecule has 4 heteroatoms. The largest absolute Gasteiger partial charge is 0.426 e. The quantitative estimate of drug-likeness (QED) is 0.557. The highest BCUT2D eigenvalue weighted by molar-refractivity contribution is 5.94. The third-order valence-electron chi connectivity index (χ3n) is 4.61. The summed E-state index contributed by atoms with van der Waals surface area (Å²) >= 11 is 0. The number of esters is 1. The highest BCUT2D eigenvalue weighted by Crippen LogP contribution is 2.27. The first-order chi connectivity index (χ1) is 13.2. The van der Waals surface area contributed by atoms with Crippen molar-refractivity contribution in [2.75, 3.05) is 5.32 Å². The molecule has 4 nitrogen and oxygen atoms in total. The number of benzene rings is 3. The molecule has 0 radical (unpaired) electrons. The molecule has 3 aromatic carbocycles. The molecule has 0 saturated carbocycles. The molecule has 0 spiro atoms. The lowest BCUT2D eigenvalue weighted by molar-refractivity contribution is -0.133. The molecule has 0 bridgehead atoms. The first kappa shape index (κ1) is 17.0. The first-order valence-corrected chi connectivity index (χ1v) is 8.95. The van der Waals surface area contributed by atoms with Crippen LogP contribution in [-0.4, -0.2) is 11.9 Å². The van der Waals surface area contributed by atoms with Gasteiger partial charge in [0.05, 0.1) is 6.42 Å². The topological polar surface area (TPSA) is 55.4 Å². The van der Waals surface area contributed by atoms with Crippen molar-refractivity contribution in [2.45, 2.75) is 19.3 Å². The lowest BCUT2D eigenvalue weighted by Gasteiger charge is -2.17. The molecule has 27 heavy (non-hydrogen) atoms. The maximum absolute atomic E-state index is 12.3. The smallest absolute Gasteiger partial charge is 0.315 e. The second kappa shape index (κ2) is 7.46. The molecule has 0 saturated heterocycles. The van der Waals surface area contributed by atoms with Crippen molar-refractivity contribution in [3.63, 3.8) is 0 Å². The third-order valence-corrected chi connectivity index (χ3v) is 4.61. The Kier molecular flexibility index (Phi) is 4.71. The molecule has 0 fully saturated rings. The minimum atomic E-state index is -0.303. The SMILES string of the molecule is O=C1CCc2cc(OC(=O)Cc3ccc(-c4ccccc4)cc3)ccc2N1. The van der Waals surface area contributed by atoms with E-state index in [0.717, 1.165) is 27.9 Å². The van der Waals surface area contributed by atoms with Gasteiger partial charge in [-0.3, -0.25) is 9.59 Å². The number of ether oxygens (including phenoxy) is 1. The third kappa shape index (κ3) is 4.06. The van der Waals surface area contributed by atoms with Crippen LogP contribution in [-0.2, 0) is 22.4 Å². The molecule has 1 amide bonds. The van der Waals surface area contributed by atoms with E-state index >= 15 is 0 Å². The van der Waals surface area contributed by atoms with E-state index in [-0.39, 0.29) is 18.3 Å².